The first kappa shape index (κ1) is 7.37. The zero-order chi connectivity index (χ0) is 8.39. The highest BCUT2D eigenvalue weighted by Crippen LogP contribution is 2.24. The third-order valence-corrected chi connectivity index (χ3v) is 1.93. The third-order valence-electron chi connectivity index (χ3n) is 1.60. The van der Waals surface area contributed by atoms with Crippen LogP contribution in [-0.4, -0.2) is 10.2 Å². The molecule has 2 aromatic rings. The van der Waals surface area contributed by atoms with Crippen LogP contribution in [0.5, 0.6) is 0 Å². The molecule has 0 spiro atoms. The number of aromatic nitrogens is 2. The maximum atomic E-state index is 5.95. The molecule has 0 aliphatic carbocycles. The molecule has 0 aliphatic rings. The van der Waals surface area contributed by atoms with Gasteiger partial charge in [-0.1, -0.05) is 17.7 Å². The van der Waals surface area contributed by atoms with Crippen molar-refractivity contribution in [3.05, 3.63) is 41.6 Å². The molecule has 12 heavy (non-hydrogen) atoms. The summed E-state index contributed by atoms with van der Waals surface area (Å²) in [6, 6.07) is 10.2. The Bertz CT molecular complexity index is 368. The fourth-order valence-corrected chi connectivity index (χ4v) is 1.24. The van der Waals surface area contributed by atoms with Gasteiger partial charge < -0.3 is 0 Å². The molecular weight excluding hydrogens is 172 g/mol. The molecule has 3 heteroatoms. The van der Waals surface area contributed by atoms with E-state index >= 15 is 0 Å². The molecule has 1 radical (unpaired) electrons. The van der Waals surface area contributed by atoms with Gasteiger partial charge in [-0.3, -0.25) is 5.10 Å². The summed E-state index contributed by atoms with van der Waals surface area (Å²) in [6.07, 6.45) is 1.69. The highest BCUT2D eigenvalue weighted by Gasteiger charge is 2.01. The number of rotatable bonds is 1. The number of aromatic amines is 1. The Labute approximate surface area is 75.2 Å². The largest absolute Gasteiger partial charge is 0.278 e. The van der Waals surface area contributed by atoms with Crippen molar-refractivity contribution in [1.82, 2.24) is 10.2 Å². The average molecular weight is 178 g/mol. The number of nitrogens with zero attached hydrogens (tertiary/aromatic N) is 1. The minimum absolute atomic E-state index is 0.706. The predicted octanol–water partition coefficient (Wildman–Crippen LogP) is 2.53. The van der Waals surface area contributed by atoms with E-state index in [1.165, 1.54) is 0 Å². The van der Waals surface area contributed by atoms with Crippen LogP contribution < -0.4 is 0 Å². The monoisotopic (exact) mass is 177 g/mol. The lowest BCUT2D eigenvalue weighted by Gasteiger charge is -1.98. The van der Waals surface area contributed by atoms with Crippen LogP contribution in [-0.2, 0) is 0 Å². The molecule has 59 valence electrons. The van der Waals surface area contributed by atoms with Crippen molar-refractivity contribution >= 4 is 11.6 Å². The molecule has 0 saturated heterocycles. The van der Waals surface area contributed by atoms with Crippen molar-refractivity contribution in [2.24, 2.45) is 0 Å². The van der Waals surface area contributed by atoms with E-state index in [0.29, 0.717) is 5.02 Å². The van der Waals surface area contributed by atoms with Crippen LogP contribution in [0.4, 0.5) is 0 Å². The van der Waals surface area contributed by atoms with E-state index in [9.17, 15) is 0 Å². The second-order valence-corrected chi connectivity index (χ2v) is 2.78. The lowest BCUT2D eigenvalue weighted by Crippen LogP contribution is -1.78. The highest BCUT2D eigenvalue weighted by atomic mass is 35.5. The Hall–Kier alpha value is -1.28. The van der Waals surface area contributed by atoms with Gasteiger partial charge in [-0.15, -0.1) is 0 Å². The molecule has 0 aliphatic heterocycles. The van der Waals surface area contributed by atoms with Crippen molar-refractivity contribution in [2.75, 3.05) is 0 Å². The minimum atomic E-state index is 0.706. The summed E-state index contributed by atoms with van der Waals surface area (Å²) in [5.41, 5.74) is 1.84. The third kappa shape index (κ3) is 1.21. The molecular formula is C9H6ClN2. The van der Waals surface area contributed by atoms with E-state index < -0.39 is 0 Å². The van der Waals surface area contributed by atoms with Crippen LogP contribution >= 0.6 is 11.6 Å². The number of nitrogens with one attached hydrogen (secondary N) is 1. The van der Waals surface area contributed by atoms with E-state index in [0.717, 1.165) is 11.3 Å². The summed E-state index contributed by atoms with van der Waals surface area (Å²) in [6.45, 7) is 0. The van der Waals surface area contributed by atoms with E-state index in [1.807, 2.05) is 12.1 Å². The molecule has 1 aromatic carbocycles. The topological polar surface area (TPSA) is 28.7 Å². The summed E-state index contributed by atoms with van der Waals surface area (Å²) >= 11 is 5.95. The fourth-order valence-electron chi connectivity index (χ4n) is 1.02. The van der Waals surface area contributed by atoms with Gasteiger partial charge in [0, 0.05) is 16.8 Å². The zero-order valence-electron chi connectivity index (χ0n) is 6.21. The van der Waals surface area contributed by atoms with Crippen LogP contribution in [0, 0.1) is 6.07 Å². The van der Waals surface area contributed by atoms with E-state index in [2.05, 4.69) is 16.3 Å². The molecule has 1 heterocycles. The molecule has 0 saturated carbocycles. The predicted molar refractivity (Wildman–Crippen MR) is 47.9 cm³/mol. The second-order valence-electron chi connectivity index (χ2n) is 2.38. The lowest BCUT2D eigenvalue weighted by molar-refractivity contribution is 1.10. The van der Waals surface area contributed by atoms with Crippen LogP contribution in [0.25, 0.3) is 11.3 Å². The maximum absolute atomic E-state index is 5.95. The molecule has 0 fully saturated rings. The number of hydrogen-bond donors (Lipinski definition) is 1. The summed E-state index contributed by atoms with van der Waals surface area (Å²) in [5, 5.41) is 7.39. The van der Waals surface area contributed by atoms with Crippen molar-refractivity contribution in [3.63, 3.8) is 0 Å². The Morgan fingerprint density at radius 2 is 2.33 bits per heavy atom. The molecule has 0 unspecified atom stereocenters. The highest BCUT2D eigenvalue weighted by molar-refractivity contribution is 6.33. The van der Waals surface area contributed by atoms with E-state index in [-0.39, 0.29) is 0 Å². The van der Waals surface area contributed by atoms with Gasteiger partial charge in [0.25, 0.3) is 0 Å². The van der Waals surface area contributed by atoms with Crippen LogP contribution in [0.15, 0.2) is 30.5 Å². The number of H-pyrrole nitrogens is 1. The number of benzene rings is 1. The number of hydrogen-bond acceptors (Lipinski definition) is 1. The normalized spacial score (nSPS) is 10.1. The van der Waals surface area contributed by atoms with Crippen molar-refractivity contribution in [1.29, 1.82) is 0 Å². The van der Waals surface area contributed by atoms with Crippen LogP contribution in [0.2, 0.25) is 5.02 Å². The molecule has 1 aromatic heterocycles. The summed E-state index contributed by atoms with van der Waals surface area (Å²) < 4.78 is 0. The smallest absolute Gasteiger partial charge is 0.0665 e. The molecule has 2 nitrogen and oxygen atoms in total. The van der Waals surface area contributed by atoms with Gasteiger partial charge in [0.05, 0.1) is 5.69 Å². The maximum Gasteiger partial charge on any atom is 0.0665 e. The Balaban J connectivity index is 2.55. The molecule has 1 N–H and O–H groups in total. The van der Waals surface area contributed by atoms with Gasteiger partial charge in [-0.05, 0) is 24.3 Å². The average Bonchev–Trinajstić information content (AvgIpc) is 2.57. The van der Waals surface area contributed by atoms with Crippen molar-refractivity contribution < 1.29 is 0 Å². The van der Waals surface area contributed by atoms with Crippen molar-refractivity contribution in [2.45, 2.75) is 0 Å². The van der Waals surface area contributed by atoms with Gasteiger partial charge in [-0.2, -0.15) is 5.10 Å². The van der Waals surface area contributed by atoms with Crippen LogP contribution in [0.1, 0.15) is 0 Å². The van der Waals surface area contributed by atoms with Gasteiger partial charge in [0.15, 0.2) is 0 Å². The quantitative estimate of drug-likeness (QED) is 0.713. The van der Waals surface area contributed by atoms with Gasteiger partial charge in [0.1, 0.15) is 0 Å². The van der Waals surface area contributed by atoms with Gasteiger partial charge in [0.2, 0.25) is 0 Å². The molecule has 2 rings (SSSR count). The van der Waals surface area contributed by atoms with Crippen LogP contribution in [0.3, 0.4) is 0 Å². The summed E-state index contributed by atoms with van der Waals surface area (Å²) in [4.78, 5) is 0. The van der Waals surface area contributed by atoms with Crippen molar-refractivity contribution in [3.8, 4) is 11.3 Å². The molecule has 0 amide bonds. The van der Waals surface area contributed by atoms with E-state index in [1.54, 1.807) is 18.3 Å². The summed E-state index contributed by atoms with van der Waals surface area (Å²) in [5.74, 6) is 0. The lowest BCUT2D eigenvalue weighted by atomic mass is 10.2. The standard InChI is InChI=1S/C9H6ClN2/c10-8-4-2-1-3-7(8)9-5-6-11-12-9/h2-6H,(H,11,12). The van der Waals surface area contributed by atoms with Gasteiger partial charge in [-0.25, -0.2) is 0 Å². The first-order chi connectivity index (χ1) is 5.88. The molecule has 0 atom stereocenters. The zero-order valence-corrected chi connectivity index (χ0v) is 6.97. The second kappa shape index (κ2) is 2.99. The number of halogens is 1. The van der Waals surface area contributed by atoms with E-state index in [4.69, 9.17) is 11.6 Å². The first-order valence-corrected chi connectivity index (χ1v) is 3.91. The Morgan fingerprint density at radius 1 is 1.42 bits per heavy atom. The minimum Gasteiger partial charge on any atom is -0.278 e. The SMILES string of the molecule is Clc1cc[c]cc1-c1ccn[nH]1. The molecule has 0 bridgehead atoms. The van der Waals surface area contributed by atoms with Gasteiger partial charge >= 0.3 is 0 Å². The Morgan fingerprint density at radius 3 is 3.00 bits per heavy atom. The summed E-state index contributed by atoms with van der Waals surface area (Å²) in [7, 11) is 0. The Kier molecular flexibility index (Phi) is 1.84. The first-order valence-electron chi connectivity index (χ1n) is 3.53. The fraction of sp³-hybridized carbons (Fsp3) is 0.